The Morgan fingerprint density at radius 1 is 1.22 bits per heavy atom. The first-order chi connectivity index (χ1) is 15.2. The Bertz CT molecular complexity index is 1190. The minimum atomic E-state index is -4.65. The second kappa shape index (κ2) is 8.15. The first-order valence-corrected chi connectivity index (χ1v) is 9.47. The van der Waals surface area contributed by atoms with Gasteiger partial charge in [-0.15, -0.1) is 0 Å². The lowest BCUT2D eigenvalue weighted by Gasteiger charge is -2.37. The summed E-state index contributed by atoms with van der Waals surface area (Å²) in [5, 5.41) is 7.47. The molecule has 4 heterocycles. The minimum Gasteiger partial charge on any atom is -0.404 e. The van der Waals surface area contributed by atoms with Gasteiger partial charge < -0.3 is 20.8 Å². The Labute approximate surface area is 179 Å². The van der Waals surface area contributed by atoms with Gasteiger partial charge >= 0.3 is 6.18 Å². The zero-order valence-corrected chi connectivity index (χ0v) is 16.7. The Morgan fingerprint density at radius 3 is 2.69 bits per heavy atom. The Balaban J connectivity index is 1.74. The Morgan fingerprint density at radius 2 is 2.00 bits per heavy atom. The highest BCUT2D eigenvalue weighted by Gasteiger charge is 2.34. The van der Waals surface area contributed by atoms with E-state index in [-0.39, 0.29) is 35.6 Å². The molecule has 3 N–H and O–H groups in total. The fourth-order valence-corrected chi connectivity index (χ4v) is 3.46. The summed E-state index contributed by atoms with van der Waals surface area (Å²) in [4.78, 5) is 17.3. The SMILES string of the molecule is CC1CN(c2nc(-c3cnc4cnc(C(F)(F)F)cn34)ncc2F)CC(/C(C=N)=C/N)O1. The number of hydrogen-bond donors (Lipinski definition) is 2. The van der Waals surface area contributed by atoms with Crippen LogP contribution in [0.15, 0.2) is 36.6 Å². The summed E-state index contributed by atoms with van der Waals surface area (Å²) in [5.74, 6) is -0.761. The van der Waals surface area contributed by atoms with E-state index in [9.17, 15) is 17.6 Å². The third kappa shape index (κ3) is 3.98. The van der Waals surface area contributed by atoms with Crippen molar-refractivity contribution in [2.75, 3.05) is 18.0 Å². The summed E-state index contributed by atoms with van der Waals surface area (Å²) in [7, 11) is 0. The highest BCUT2D eigenvalue weighted by Crippen LogP contribution is 2.30. The van der Waals surface area contributed by atoms with Crippen molar-refractivity contribution in [1.82, 2.24) is 24.3 Å². The van der Waals surface area contributed by atoms with Crippen LogP contribution >= 0.6 is 0 Å². The van der Waals surface area contributed by atoms with Crippen LogP contribution < -0.4 is 10.6 Å². The van der Waals surface area contributed by atoms with Gasteiger partial charge in [-0.1, -0.05) is 0 Å². The van der Waals surface area contributed by atoms with E-state index in [1.165, 1.54) is 12.4 Å². The average Bonchev–Trinajstić information content (AvgIpc) is 3.17. The number of imidazole rings is 1. The summed E-state index contributed by atoms with van der Waals surface area (Å²) < 4.78 is 60.9. The smallest absolute Gasteiger partial charge is 0.404 e. The van der Waals surface area contributed by atoms with Crippen molar-refractivity contribution in [2.24, 2.45) is 5.73 Å². The lowest BCUT2D eigenvalue weighted by Crippen LogP contribution is -2.48. The predicted molar refractivity (Wildman–Crippen MR) is 107 cm³/mol. The van der Waals surface area contributed by atoms with Crippen molar-refractivity contribution in [3.63, 3.8) is 0 Å². The summed E-state index contributed by atoms with van der Waals surface area (Å²) in [6, 6.07) is 0. The maximum absolute atomic E-state index is 14.7. The second-order valence-corrected chi connectivity index (χ2v) is 7.16. The third-order valence-corrected chi connectivity index (χ3v) is 4.93. The molecule has 0 radical (unpaired) electrons. The number of ether oxygens (including phenoxy) is 1. The van der Waals surface area contributed by atoms with Crippen LogP contribution in [0.4, 0.5) is 23.4 Å². The quantitative estimate of drug-likeness (QED) is 0.463. The highest BCUT2D eigenvalue weighted by atomic mass is 19.4. The van der Waals surface area contributed by atoms with E-state index in [1.54, 1.807) is 11.8 Å². The van der Waals surface area contributed by atoms with Gasteiger partial charge in [0.05, 0.1) is 31.2 Å². The van der Waals surface area contributed by atoms with E-state index < -0.39 is 23.8 Å². The molecule has 2 atom stereocenters. The fraction of sp³-hybridized carbons (Fsp3) is 0.316. The topological polar surface area (TPSA) is 118 Å². The van der Waals surface area contributed by atoms with Crippen LogP contribution in [0.2, 0.25) is 0 Å². The van der Waals surface area contributed by atoms with Crippen molar-refractivity contribution in [1.29, 1.82) is 5.41 Å². The molecule has 2 unspecified atom stereocenters. The molecule has 0 saturated carbocycles. The number of anilines is 1. The van der Waals surface area contributed by atoms with Crippen LogP contribution in [-0.2, 0) is 10.9 Å². The Hall–Kier alpha value is -3.61. The van der Waals surface area contributed by atoms with Gasteiger partial charge in [0.2, 0.25) is 0 Å². The predicted octanol–water partition coefficient (Wildman–Crippen LogP) is 2.43. The molecule has 9 nitrogen and oxygen atoms in total. The second-order valence-electron chi connectivity index (χ2n) is 7.16. The van der Waals surface area contributed by atoms with E-state index in [2.05, 4.69) is 19.9 Å². The molecule has 1 fully saturated rings. The number of rotatable bonds is 4. The summed E-state index contributed by atoms with van der Waals surface area (Å²) in [5.41, 5.74) is 5.17. The first-order valence-electron chi connectivity index (χ1n) is 9.47. The molecule has 3 aromatic rings. The van der Waals surface area contributed by atoms with E-state index in [0.29, 0.717) is 12.1 Å². The number of aromatic nitrogens is 5. The molecule has 0 aromatic carbocycles. The maximum Gasteiger partial charge on any atom is 0.434 e. The van der Waals surface area contributed by atoms with Crippen LogP contribution in [0, 0.1) is 11.2 Å². The molecular formula is C19H18F4N8O. The lowest BCUT2D eigenvalue weighted by atomic mass is 10.1. The highest BCUT2D eigenvalue weighted by molar-refractivity contribution is 5.77. The normalized spacial score (nSPS) is 20.0. The molecule has 0 aliphatic carbocycles. The number of nitrogens with one attached hydrogen (secondary N) is 1. The van der Waals surface area contributed by atoms with Gasteiger partial charge in [-0.2, -0.15) is 13.2 Å². The standard InChI is InChI=1S/C19H18F4N8O/c1-10-7-30(8-14(32-10)11(2-24)3-25)18-12(20)4-28-17(29-18)13-5-27-16-6-26-15(9-31(13)16)19(21,22)23/h2-6,9-10,14,24H,7-8,25H2,1H3/b11-3+,24-2?. The summed E-state index contributed by atoms with van der Waals surface area (Å²) >= 11 is 0. The molecule has 0 bridgehead atoms. The van der Waals surface area contributed by atoms with Crippen LogP contribution in [0.25, 0.3) is 17.2 Å². The molecule has 168 valence electrons. The Kier molecular flexibility index (Phi) is 5.50. The van der Waals surface area contributed by atoms with Crippen LogP contribution in [-0.4, -0.2) is 55.8 Å². The summed E-state index contributed by atoms with van der Waals surface area (Å²) in [6.07, 6.45) is 0.799. The van der Waals surface area contributed by atoms with Crippen molar-refractivity contribution in [2.45, 2.75) is 25.3 Å². The van der Waals surface area contributed by atoms with Gasteiger partial charge in [0.1, 0.15) is 11.8 Å². The molecule has 0 amide bonds. The van der Waals surface area contributed by atoms with Gasteiger partial charge in [0.25, 0.3) is 0 Å². The number of halogens is 4. The number of nitrogens with two attached hydrogens (primary N) is 1. The molecular weight excluding hydrogens is 432 g/mol. The van der Waals surface area contributed by atoms with E-state index >= 15 is 0 Å². The van der Waals surface area contributed by atoms with E-state index in [4.69, 9.17) is 15.9 Å². The van der Waals surface area contributed by atoms with Gasteiger partial charge in [0.15, 0.2) is 28.8 Å². The molecule has 1 saturated heterocycles. The zero-order chi connectivity index (χ0) is 23.0. The number of fused-ring (bicyclic) bond motifs is 1. The van der Waals surface area contributed by atoms with Crippen molar-refractivity contribution >= 4 is 17.7 Å². The van der Waals surface area contributed by atoms with Gasteiger partial charge in [-0.25, -0.2) is 24.3 Å². The van der Waals surface area contributed by atoms with Crippen molar-refractivity contribution < 1.29 is 22.3 Å². The molecule has 32 heavy (non-hydrogen) atoms. The number of alkyl halides is 3. The molecule has 1 aliphatic rings. The van der Waals surface area contributed by atoms with Gasteiger partial charge in [-0.3, -0.25) is 4.40 Å². The van der Waals surface area contributed by atoms with Crippen molar-refractivity contribution in [3.8, 4) is 11.5 Å². The third-order valence-electron chi connectivity index (χ3n) is 4.93. The van der Waals surface area contributed by atoms with Crippen LogP contribution in [0.1, 0.15) is 12.6 Å². The summed E-state index contributed by atoms with van der Waals surface area (Å²) in [6.45, 7) is 2.26. The maximum atomic E-state index is 14.7. The fourth-order valence-electron chi connectivity index (χ4n) is 3.46. The minimum absolute atomic E-state index is 0.00874. The lowest BCUT2D eigenvalue weighted by molar-refractivity contribution is -0.141. The van der Waals surface area contributed by atoms with Gasteiger partial charge in [-0.05, 0) is 6.92 Å². The van der Waals surface area contributed by atoms with E-state index in [1.807, 2.05) is 0 Å². The van der Waals surface area contributed by atoms with Gasteiger partial charge in [0, 0.05) is 30.7 Å². The number of nitrogens with zero attached hydrogens (tertiary/aromatic N) is 6. The van der Waals surface area contributed by atoms with Crippen molar-refractivity contribution in [3.05, 3.63) is 48.1 Å². The first kappa shape index (κ1) is 21.6. The molecule has 1 aliphatic heterocycles. The molecule has 4 rings (SSSR count). The molecule has 3 aromatic heterocycles. The van der Waals surface area contributed by atoms with E-state index in [0.717, 1.165) is 29.2 Å². The monoisotopic (exact) mass is 450 g/mol. The molecule has 0 spiro atoms. The average molecular weight is 450 g/mol. The zero-order valence-electron chi connectivity index (χ0n) is 16.7. The number of morpholine rings is 1. The van der Waals surface area contributed by atoms with Crippen LogP contribution in [0.5, 0.6) is 0 Å². The van der Waals surface area contributed by atoms with Crippen LogP contribution in [0.3, 0.4) is 0 Å². The largest absolute Gasteiger partial charge is 0.434 e. The molecule has 13 heteroatoms. The number of hydrogen-bond acceptors (Lipinski definition) is 8.